The van der Waals surface area contributed by atoms with Gasteiger partial charge in [-0.25, -0.2) is 4.79 Å². The molecule has 14 heavy (non-hydrogen) atoms. The summed E-state index contributed by atoms with van der Waals surface area (Å²) in [6.45, 7) is 2.40. The van der Waals surface area contributed by atoms with Crippen LogP contribution in [0.1, 0.15) is 21.5 Å². The van der Waals surface area contributed by atoms with Crippen LogP contribution in [0, 0.1) is 6.92 Å². The Kier molecular flexibility index (Phi) is 2.25. The molecule has 1 aromatic carbocycles. The summed E-state index contributed by atoms with van der Waals surface area (Å²) < 4.78 is 5.14. The monoisotopic (exact) mass is 191 g/mol. The molecule has 1 aliphatic rings. The van der Waals surface area contributed by atoms with Crippen LogP contribution in [0.4, 0.5) is 0 Å². The van der Waals surface area contributed by atoms with E-state index < -0.39 is 0 Å². The highest BCUT2D eigenvalue weighted by molar-refractivity contribution is 5.92. The van der Waals surface area contributed by atoms with Crippen LogP contribution in [-0.4, -0.2) is 18.6 Å². The first-order valence-corrected chi connectivity index (χ1v) is 4.71. The number of aryl methyl sites for hydroxylation is 1. The molecular formula is C11H13NO2. The minimum atomic E-state index is -0.248. The Balaban J connectivity index is 2.40. The van der Waals surface area contributed by atoms with Gasteiger partial charge in [0.05, 0.1) is 5.56 Å². The molecule has 0 amide bonds. The van der Waals surface area contributed by atoms with E-state index in [2.05, 4.69) is 0 Å². The molecule has 0 fully saturated rings. The fourth-order valence-electron chi connectivity index (χ4n) is 1.72. The van der Waals surface area contributed by atoms with Gasteiger partial charge in [0, 0.05) is 13.0 Å². The predicted molar refractivity (Wildman–Crippen MR) is 53.1 cm³/mol. The van der Waals surface area contributed by atoms with E-state index in [4.69, 9.17) is 10.5 Å². The molecule has 0 radical (unpaired) electrons. The number of hydrogen-bond donors (Lipinski definition) is 1. The summed E-state index contributed by atoms with van der Waals surface area (Å²) in [5.41, 5.74) is 8.38. The first-order valence-electron chi connectivity index (χ1n) is 4.71. The molecule has 1 heterocycles. The van der Waals surface area contributed by atoms with E-state index in [-0.39, 0.29) is 12.1 Å². The van der Waals surface area contributed by atoms with Crippen LogP contribution in [0.25, 0.3) is 0 Å². The van der Waals surface area contributed by atoms with Crippen LogP contribution >= 0.6 is 0 Å². The standard InChI is InChI=1S/C11H13NO2/c1-7-2-3-10-8(4-7)5-9(6-12)14-11(10)13/h2-4,9H,5-6,12H2,1H3. The highest BCUT2D eigenvalue weighted by atomic mass is 16.5. The van der Waals surface area contributed by atoms with Gasteiger partial charge in [-0.05, 0) is 18.6 Å². The molecule has 0 bridgehead atoms. The SMILES string of the molecule is Cc1ccc2c(c1)CC(CN)OC2=O. The quantitative estimate of drug-likeness (QED) is 0.675. The van der Waals surface area contributed by atoms with Crippen molar-refractivity contribution >= 4 is 5.97 Å². The lowest BCUT2D eigenvalue weighted by molar-refractivity contribution is 0.0278. The van der Waals surface area contributed by atoms with Gasteiger partial charge in [-0.15, -0.1) is 0 Å². The third kappa shape index (κ3) is 1.51. The van der Waals surface area contributed by atoms with Gasteiger partial charge >= 0.3 is 5.97 Å². The Hall–Kier alpha value is -1.35. The molecule has 3 nitrogen and oxygen atoms in total. The van der Waals surface area contributed by atoms with Crippen LogP contribution in [-0.2, 0) is 11.2 Å². The number of cyclic esters (lactones) is 1. The van der Waals surface area contributed by atoms with Gasteiger partial charge in [0.2, 0.25) is 0 Å². The minimum absolute atomic E-state index is 0.156. The molecule has 1 aromatic rings. The summed E-state index contributed by atoms with van der Waals surface area (Å²) in [4.78, 5) is 11.5. The molecule has 0 saturated carbocycles. The molecule has 0 aromatic heterocycles. The van der Waals surface area contributed by atoms with E-state index in [1.807, 2.05) is 25.1 Å². The highest BCUT2D eigenvalue weighted by Gasteiger charge is 2.24. The van der Waals surface area contributed by atoms with Gasteiger partial charge in [-0.1, -0.05) is 17.7 Å². The molecular weight excluding hydrogens is 178 g/mol. The van der Waals surface area contributed by atoms with Crippen molar-refractivity contribution in [3.05, 3.63) is 34.9 Å². The van der Waals surface area contributed by atoms with Crippen LogP contribution in [0.5, 0.6) is 0 Å². The molecule has 0 aliphatic carbocycles. The van der Waals surface area contributed by atoms with E-state index in [0.29, 0.717) is 12.1 Å². The zero-order valence-corrected chi connectivity index (χ0v) is 8.12. The second kappa shape index (κ2) is 3.42. The number of fused-ring (bicyclic) bond motifs is 1. The first kappa shape index (κ1) is 9.21. The van der Waals surface area contributed by atoms with Crippen molar-refractivity contribution in [3.63, 3.8) is 0 Å². The van der Waals surface area contributed by atoms with Gasteiger partial charge in [0.1, 0.15) is 6.10 Å². The maximum Gasteiger partial charge on any atom is 0.338 e. The van der Waals surface area contributed by atoms with Crippen molar-refractivity contribution in [2.24, 2.45) is 5.73 Å². The molecule has 74 valence electrons. The normalized spacial score (nSPS) is 20.1. The van der Waals surface area contributed by atoms with Crippen LogP contribution in [0.15, 0.2) is 18.2 Å². The van der Waals surface area contributed by atoms with E-state index in [9.17, 15) is 4.79 Å². The van der Waals surface area contributed by atoms with Crippen molar-refractivity contribution in [2.75, 3.05) is 6.54 Å². The smallest absolute Gasteiger partial charge is 0.338 e. The third-order valence-electron chi connectivity index (χ3n) is 2.46. The number of carbonyl (C=O) groups excluding carboxylic acids is 1. The summed E-state index contributed by atoms with van der Waals surface area (Å²) >= 11 is 0. The Morgan fingerprint density at radius 1 is 1.57 bits per heavy atom. The molecule has 2 N–H and O–H groups in total. The zero-order chi connectivity index (χ0) is 10.1. The number of benzene rings is 1. The molecule has 0 spiro atoms. The molecule has 1 aliphatic heterocycles. The van der Waals surface area contributed by atoms with Crippen molar-refractivity contribution in [3.8, 4) is 0 Å². The van der Waals surface area contributed by atoms with Gasteiger partial charge in [0.25, 0.3) is 0 Å². The maximum absolute atomic E-state index is 11.5. The van der Waals surface area contributed by atoms with Gasteiger partial charge in [-0.3, -0.25) is 0 Å². The summed E-state index contributed by atoms with van der Waals surface area (Å²) in [5, 5.41) is 0. The number of hydrogen-bond acceptors (Lipinski definition) is 3. The molecule has 3 heteroatoms. The second-order valence-electron chi connectivity index (χ2n) is 3.63. The molecule has 0 saturated heterocycles. The Bertz CT molecular complexity index is 374. The topological polar surface area (TPSA) is 52.3 Å². The molecule has 2 rings (SSSR count). The fraction of sp³-hybridized carbons (Fsp3) is 0.364. The number of ether oxygens (including phenoxy) is 1. The van der Waals surface area contributed by atoms with Gasteiger partial charge in [0.15, 0.2) is 0 Å². The Morgan fingerprint density at radius 3 is 3.07 bits per heavy atom. The van der Waals surface area contributed by atoms with E-state index in [1.165, 1.54) is 0 Å². The number of esters is 1. The summed E-state index contributed by atoms with van der Waals surface area (Å²) in [6, 6.07) is 5.76. The van der Waals surface area contributed by atoms with Crippen LogP contribution < -0.4 is 5.73 Å². The van der Waals surface area contributed by atoms with Crippen molar-refractivity contribution in [1.29, 1.82) is 0 Å². The summed E-state index contributed by atoms with van der Waals surface area (Å²) in [7, 11) is 0. The largest absolute Gasteiger partial charge is 0.457 e. The lowest BCUT2D eigenvalue weighted by Gasteiger charge is -2.23. The number of nitrogens with two attached hydrogens (primary N) is 1. The van der Waals surface area contributed by atoms with E-state index >= 15 is 0 Å². The number of carbonyl (C=O) groups is 1. The van der Waals surface area contributed by atoms with Crippen LogP contribution in [0.3, 0.4) is 0 Å². The van der Waals surface area contributed by atoms with Gasteiger partial charge < -0.3 is 10.5 Å². The lowest BCUT2D eigenvalue weighted by atomic mass is 9.97. The average Bonchev–Trinajstić information content (AvgIpc) is 2.16. The number of rotatable bonds is 1. The zero-order valence-electron chi connectivity index (χ0n) is 8.12. The Labute approximate surface area is 82.9 Å². The lowest BCUT2D eigenvalue weighted by Crippen LogP contribution is -2.33. The first-order chi connectivity index (χ1) is 6.70. The maximum atomic E-state index is 11.5. The van der Waals surface area contributed by atoms with E-state index in [1.54, 1.807) is 0 Å². The molecule has 1 unspecified atom stereocenters. The second-order valence-corrected chi connectivity index (χ2v) is 3.63. The third-order valence-corrected chi connectivity index (χ3v) is 2.46. The summed E-state index contributed by atoms with van der Waals surface area (Å²) in [6.07, 6.45) is 0.580. The highest BCUT2D eigenvalue weighted by Crippen LogP contribution is 2.21. The predicted octanol–water partition coefficient (Wildman–Crippen LogP) is 1.04. The molecule has 1 atom stereocenters. The minimum Gasteiger partial charge on any atom is -0.457 e. The van der Waals surface area contributed by atoms with Crippen LogP contribution in [0.2, 0.25) is 0 Å². The van der Waals surface area contributed by atoms with Crippen molar-refractivity contribution in [1.82, 2.24) is 0 Å². The van der Waals surface area contributed by atoms with Crippen molar-refractivity contribution in [2.45, 2.75) is 19.4 Å². The average molecular weight is 191 g/mol. The Morgan fingerprint density at radius 2 is 2.36 bits per heavy atom. The van der Waals surface area contributed by atoms with Gasteiger partial charge in [-0.2, -0.15) is 0 Å². The summed E-state index contributed by atoms with van der Waals surface area (Å²) in [5.74, 6) is -0.248. The van der Waals surface area contributed by atoms with E-state index in [0.717, 1.165) is 17.5 Å². The fourth-order valence-corrected chi connectivity index (χ4v) is 1.72. The van der Waals surface area contributed by atoms with Crippen molar-refractivity contribution < 1.29 is 9.53 Å².